The lowest BCUT2D eigenvalue weighted by molar-refractivity contribution is 0.310. The van der Waals surface area contributed by atoms with E-state index in [2.05, 4.69) is 30.7 Å². The number of rotatable bonds is 5. The summed E-state index contributed by atoms with van der Waals surface area (Å²) in [6, 6.07) is 1.60. The molecule has 4 heterocycles. The van der Waals surface area contributed by atoms with Crippen LogP contribution in [0.25, 0.3) is 22.0 Å². The molecule has 0 radical (unpaired) electrons. The fraction of sp³-hybridized carbons (Fsp3) is 0.238. The number of pyridine rings is 1. The number of sulfone groups is 1. The Labute approximate surface area is 194 Å². The van der Waals surface area contributed by atoms with Crippen LogP contribution in [0, 0.1) is 12.7 Å². The van der Waals surface area contributed by atoms with E-state index in [0.717, 1.165) is 17.5 Å². The first-order valence-corrected chi connectivity index (χ1v) is 12.3. The Morgan fingerprint density at radius 3 is 2.88 bits per heavy atom. The minimum atomic E-state index is -3.24. The smallest absolute Gasteiger partial charge is 0.237 e. The fourth-order valence-electron chi connectivity index (χ4n) is 3.79. The second-order valence-electron chi connectivity index (χ2n) is 7.98. The van der Waals surface area contributed by atoms with E-state index in [-0.39, 0.29) is 23.1 Å². The average molecular weight is 485 g/mol. The molecule has 0 fully saturated rings. The highest BCUT2D eigenvalue weighted by molar-refractivity contribution is 7.89. The summed E-state index contributed by atoms with van der Waals surface area (Å²) in [6.45, 7) is 3.00. The van der Waals surface area contributed by atoms with E-state index in [9.17, 15) is 8.42 Å². The van der Waals surface area contributed by atoms with Gasteiger partial charge in [0.25, 0.3) is 0 Å². The van der Waals surface area contributed by atoms with Gasteiger partial charge in [-0.3, -0.25) is 4.68 Å². The van der Waals surface area contributed by atoms with E-state index in [1.54, 1.807) is 12.3 Å². The van der Waals surface area contributed by atoms with Crippen molar-refractivity contribution in [2.45, 2.75) is 12.8 Å². The van der Waals surface area contributed by atoms with Gasteiger partial charge in [0.2, 0.25) is 11.8 Å². The number of nitrogens with two attached hydrogens (primary N) is 1. The van der Waals surface area contributed by atoms with Crippen LogP contribution in [-0.4, -0.2) is 52.6 Å². The summed E-state index contributed by atoms with van der Waals surface area (Å²) in [5.74, 6) is -0.133. The van der Waals surface area contributed by atoms with Gasteiger partial charge in [-0.15, -0.1) is 0 Å². The van der Waals surface area contributed by atoms with E-state index in [0.29, 0.717) is 41.2 Å². The van der Waals surface area contributed by atoms with Gasteiger partial charge >= 0.3 is 0 Å². The zero-order valence-electron chi connectivity index (χ0n) is 18.3. The van der Waals surface area contributed by atoms with Crippen molar-refractivity contribution in [3.63, 3.8) is 0 Å². The van der Waals surface area contributed by atoms with Gasteiger partial charge in [-0.05, 0) is 18.6 Å². The first kappa shape index (κ1) is 21.8. The van der Waals surface area contributed by atoms with Crippen LogP contribution in [0.2, 0.25) is 0 Å². The summed E-state index contributed by atoms with van der Waals surface area (Å²) in [7, 11) is -3.24. The maximum atomic E-state index is 15.3. The minimum Gasteiger partial charge on any atom is -0.474 e. The van der Waals surface area contributed by atoms with Crippen LogP contribution in [0.1, 0.15) is 5.56 Å². The Balaban J connectivity index is 1.53. The van der Waals surface area contributed by atoms with Gasteiger partial charge in [0.05, 0.1) is 23.1 Å². The lowest BCUT2D eigenvalue weighted by atomic mass is 9.98. The third kappa shape index (κ3) is 4.05. The number of anilines is 4. The lowest BCUT2D eigenvalue weighted by Crippen LogP contribution is -2.20. The van der Waals surface area contributed by atoms with Gasteiger partial charge in [0.15, 0.2) is 15.7 Å². The first-order chi connectivity index (χ1) is 16.2. The molecule has 5 rings (SSSR count). The number of nitrogen functional groups attached to an aromatic ring is 1. The average Bonchev–Trinajstić information content (AvgIpc) is 3.22. The Morgan fingerprint density at radius 2 is 2.09 bits per heavy atom. The van der Waals surface area contributed by atoms with Crippen LogP contribution < -0.4 is 21.1 Å². The van der Waals surface area contributed by atoms with E-state index < -0.39 is 15.7 Å². The van der Waals surface area contributed by atoms with Gasteiger partial charge in [-0.2, -0.15) is 5.10 Å². The summed E-state index contributed by atoms with van der Waals surface area (Å²) in [5.41, 5.74) is 9.29. The number of benzene rings is 1. The number of hydrogen-bond donors (Lipinski definition) is 3. The maximum Gasteiger partial charge on any atom is 0.237 e. The third-order valence-corrected chi connectivity index (χ3v) is 6.09. The first-order valence-electron chi connectivity index (χ1n) is 10.3. The Kier molecular flexibility index (Phi) is 5.20. The Hall–Kier alpha value is -4.00. The Morgan fingerprint density at radius 1 is 1.26 bits per heavy atom. The van der Waals surface area contributed by atoms with Crippen molar-refractivity contribution in [1.29, 1.82) is 0 Å². The normalized spacial score (nSPS) is 13.3. The van der Waals surface area contributed by atoms with Crippen molar-refractivity contribution >= 4 is 43.8 Å². The number of ether oxygens (including phenoxy) is 1. The predicted octanol–water partition coefficient (Wildman–Crippen LogP) is 2.47. The van der Waals surface area contributed by atoms with Gasteiger partial charge < -0.3 is 21.1 Å². The highest BCUT2D eigenvalue weighted by Gasteiger charge is 2.21. The van der Waals surface area contributed by atoms with Gasteiger partial charge in [0, 0.05) is 47.9 Å². The molecule has 176 valence electrons. The molecule has 0 saturated carbocycles. The van der Waals surface area contributed by atoms with Crippen LogP contribution in [0.5, 0.6) is 5.88 Å². The van der Waals surface area contributed by atoms with Gasteiger partial charge in [0.1, 0.15) is 18.2 Å². The topological polar surface area (TPSA) is 150 Å². The second kappa shape index (κ2) is 8.09. The fourth-order valence-corrected chi connectivity index (χ4v) is 4.41. The van der Waals surface area contributed by atoms with E-state index in [1.165, 1.54) is 23.3 Å². The second-order valence-corrected chi connectivity index (χ2v) is 10.1. The number of nitrogens with zero attached hydrogens (tertiary/aromatic N) is 5. The predicted molar refractivity (Wildman–Crippen MR) is 126 cm³/mol. The molecule has 0 unspecified atom stereocenters. The van der Waals surface area contributed by atoms with Crippen molar-refractivity contribution in [3.8, 4) is 17.0 Å². The SMILES string of the molecule is Cc1c(-c2cc3nc(Nc4cnn(CS(C)(=O)=O)c4)ncc3c(N)c2F)cnc2c1NCCO2. The van der Waals surface area contributed by atoms with E-state index in [1.807, 2.05) is 6.92 Å². The number of hydrogen-bond acceptors (Lipinski definition) is 10. The summed E-state index contributed by atoms with van der Waals surface area (Å²) in [6.07, 6.45) is 7.09. The van der Waals surface area contributed by atoms with Crippen molar-refractivity contribution < 1.29 is 17.5 Å². The van der Waals surface area contributed by atoms with Crippen LogP contribution in [0.4, 0.5) is 27.4 Å². The monoisotopic (exact) mass is 484 g/mol. The lowest BCUT2D eigenvalue weighted by Gasteiger charge is -2.22. The quantitative estimate of drug-likeness (QED) is 0.360. The molecule has 1 aliphatic heterocycles. The third-order valence-electron chi connectivity index (χ3n) is 5.36. The number of fused-ring (bicyclic) bond motifs is 2. The molecule has 0 atom stereocenters. The van der Waals surface area contributed by atoms with E-state index >= 15 is 4.39 Å². The largest absolute Gasteiger partial charge is 0.474 e. The molecule has 0 amide bonds. The zero-order valence-corrected chi connectivity index (χ0v) is 19.1. The number of aromatic nitrogens is 5. The zero-order chi connectivity index (χ0) is 24.0. The molecule has 4 N–H and O–H groups in total. The molecular formula is C21H21FN8O3S. The van der Waals surface area contributed by atoms with Crippen molar-refractivity contribution in [3.05, 3.63) is 42.2 Å². The Bertz CT molecular complexity index is 1540. The van der Waals surface area contributed by atoms with Gasteiger partial charge in [-0.25, -0.2) is 27.8 Å². The maximum absolute atomic E-state index is 15.3. The van der Waals surface area contributed by atoms with Gasteiger partial charge in [-0.1, -0.05) is 0 Å². The standard InChI is InChI=1S/C21H21FN8O3S/c1-11-14(7-25-20-19(11)24-3-4-33-20)13-5-16-15(18(23)17(13)22)8-26-21(29-16)28-12-6-27-30(9-12)10-34(2,31)32/h5-9,24H,3-4,10,23H2,1-2H3,(H,26,28,29). The number of nitrogens with one attached hydrogen (secondary N) is 2. The van der Waals surface area contributed by atoms with Crippen LogP contribution in [0.15, 0.2) is 30.9 Å². The molecule has 13 heteroatoms. The van der Waals surface area contributed by atoms with E-state index in [4.69, 9.17) is 10.5 Å². The molecule has 1 aromatic carbocycles. The highest BCUT2D eigenvalue weighted by Crippen LogP contribution is 2.39. The number of halogens is 1. The summed E-state index contributed by atoms with van der Waals surface area (Å²) >= 11 is 0. The van der Waals surface area contributed by atoms with Crippen LogP contribution in [-0.2, 0) is 15.7 Å². The minimum absolute atomic E-state index is 0.0682. The van der Waals surface area contributed by atoms with Crippen molar-refractivity contribution in [2.75, 3.05) is 35.8 Å². The highest BCUT2D eigenvalue weighted by atomic mass is 32.2. The van der Waals surface area contributed by atoms with Crippen molar-refractivity contribution in [1.82, 2.24) is 24.7 Å². The van der Waals surface area contributed by atoms with Crippen LogP contribution in [0.3, 0.4) is 0 Å². The summed E-state index contributed by atoms with van der Waals surface area (Å²) in [5, 5.41) is 10.6. The molecule has 11 nitrogen and oxygen atoms in total. The molecular weight excluding hydrogens is 463 g/mol. The van der Waals surface area contributed by atoms with Crippen LogP contribution >= 0.6 is 0 Å². The molecule has 1 aliphatic rings. The molecule has 0 saturated heterocycles. The molecule has 0 spiro atoms. The molecule has 0 bridgehead atoms. The molecule has 0 aliphatic carbocycles. The summed E-state index contributed by atoms with van der Waals surface area (Å²) < 4.78 is 45.0. The molecule has 34 heavy (non-hydrogen) atoms. The summed E-state index contributed by atoms with van der Waals surface area (Å²) in [4.78, 5) is 13.0. The van der Waals surface area contributed by atoms with Crippen molar-refractivity contribution in [2.24, 2.45) is 0 Å². The molecule has 4 aromatic rings. The molecule has 3 aromatic heterocycles.